The molecule has 0 radical (unpaired) electrons. The van der Waals surface area contributed by atoms with E-state index in [0.717, 1.165) is 12.1 Å². The Hall–Kier alpha value is -2.74. The lowest BCUT2D eigenvalue weighted by Gasteiger charge is -2.06. The lowest BCUT2D eigenvalue weighted by Crippen LogP contribution is -1.93. The van der Waals surface area contributed by atoms with E-state index in [1.807, 2.05) is 18.6 Å². The topological polar surface area (TPSA) is 25.8 Å². The smallest absolute Gasteiger partial charge is 0.0453 e. The molecule has 0 amide bonds. The van der Waals surface area contributed by atoms with Gasteiger partial charge in [-0.2, -0.15) is 0 Å². The predicted molar refractivity (Wildman–Crippen MR) is 91.0 cm³/mol. The van der Waals surface area contributed by atoms with Crippen LogP contribution in [0.2, 0.25) is 0 Å². The molecule has 0 spiro atoms. The molecule has 0 aliphatic carbocycles. The SMILES string of the molecule is Cc1cccc2cc(Cc3ccc4cnccc4c3)ncc12. The second-order valence-electron chi connectivity index (χ2n) is 5.71. The number of fused-ring (bicyclic) bond motifs is 2. The molecule has 0 fully saturated rings. The second-order valence-corrected chi connectivity index (χ2v) is 5.71. The zero-order valence-electron chi connectivity index (χ0n) is 12.5. The van der Waals surface area contributed by atoms with Crippen molar-refractivity contribution in [3.63, 3.8) is 0 Å². The van der Waals surface area contributed by atoms with E-state index in [-0.39, 0.29) is 0 Å². The van der Waals surface area contributed by atoms with Crippen molar-refractivity contribution in [2.24, 2.45) is 0 Å². The number of aromatic nitrogens is 2. The van der Waals surface area contributed by atoms with Crippen molar-refractivity contribution in [3.8, 4) is 0 Å². The maximum absolute atomic E-state index is 4.63. The quantitative estimate of drug-likeness (QED) is 0.534. The molecule has 2 heterocycles. The van der Waals surface area contributed by atoms with Gasteiger partial charge in [-0.05, 0) is 41.0 Å². The van der Waals surface area contributed by atoms with Gasteiger partial charge in [-0.15, -0.1) is 0 Å². The third-order valence-electron chi connectivity index (χ3n) is 4.13. The lowest BCUT2D eigenvalue weighted by atomic mass is 10.0. The van der Waals surface area contributed by atoms with Gasteiger partial charge in [-0.3, -0.25) is 9.97 Å². The van der Waals surface area contributed by atoms with E-state index in [1.165, 1.54) is 32.7 Å². The van der Waals surface area contributed by atoms with Crippen LogP contribution in [0.3, 0.4) is 0 Å². The number of pyridine rings is 2. The largest absolute Gasteiger partial charge is 0.264 e. The van der Waals surface area contributed by atoms with E-state index in [1.54, 1.807) is 0 Å². The van der Waals surface area contributed by atoms with Crippen LogP contribution in [0.15, 0.2) is 67.1 Å². The molecule has 4 rings (SSSR count). The van der Waals surface area contributed by atoms with Crippen LogP contribution in [0.4, 0.5) is 0 Å². The summed E-state index contributed by atoms with van der Waals surface area (Å²) >= 11 is 0. The Labute approximate surface area is 129 Å². The summed E-state index contributed by atoms with van der Waals surface area (Å²) in [7, 11) is 0. The molecule has 106 valence electrons. The van der Waals surface area contributed by atoms with Crippen molar-refractivity contribution >= 4 is 21.5 Å². The predicted octanol–water partition coefficient (Wildman–Crippen LogP) is 4.68. The highest BCUT2D eigenvalue weighted by atomic mass is 14.7. The molecular formula is C20H16N2. The highest BCUT2D eigenvalue weighted by Crippen LogP contribution is 2.21. The summed E-state index contributed by atoms with van der Waals surface area (Å²) in [5.74, 6) is 0. The van der Waals surface area contributed by atoms with Gasteiger partial charge in [0.25, 0.3) is 0 Å². The average Bonchev–Trinajstić information content (AvgIpc) is 2.55. The number of aryl methyl sites for hydroxylation is 1. The Balaban J connectivity index is 1.72. The first kappa shape index (κ1) is 13.0. The number of hydrogen-bond donors (Lipinski definition) is 0. The summed E-state index contributed by atoms with van der Waals surface area (Å²) in [6.45, 7) is 2.13. The minimum atomic E-state index is 0.849. The zero-order valence-corrected chi connectivity index (χ0v) is 12.5. The van der Waals surface area contributed by atoms with Gasteiger partial charge in [0.2, 0.25) is 0 Å². The Kier molecular flexibility index (Phi) is 3.08. The molecule has 0 unspecified atom stereocenters. The summed E-state index contributed by atoms with van der Waals surface area (Å²) in [5, 5.41) is 4.89. The third-order valence-corrected chi connectivity index (χ3v) is 4.13. The summed E-state index contributed by atoms with van der Waals surface area (Å²) in [4.78, 5) is 8.79. The first-order chi connectivity index (χ1) is 10.8. The standard InChI is InChI=1S/C20H16N2/c1-14-3-2-4-17-11-19(22-13-20(14)17)10-15-5-6-18-12-21-8-7-16(18)9-15/h2-9,11-13H,10H2,1H3. The van der Waals surface area contributed by atoms with Crippen LogP contribution < -0.4 is 0 Å². The van der Waals surface area contributed by atoms with Crippen LogP contribution in [0.5, 0.6) is 0 Å². The van der Waals surface area contributed by atoms with Crippen LogP contribution in [0.1, 0.15) is 16.8 Å². The molecule has 4 aromatic rings. The molecule has 2 heteroatoms. The molecule has 0 saturated carbocycles. The highest BCUT2D eigenvalue weighted by molar-refractivity contribution is 5.85. The Morgan fingerprint density at radius 1 is 0.864 bits per heavy atom. The fourth-order valence-corrected chi connectivity index (χ4v) is 2.92. The molecule has 2 nitrogen and oxygen atoms in total. The minimum absolute atomic E-state index is 0.849. The van der Waals surface area contributed by atoms with Crippen molar-refractivity contribution in [3.05, 3.63) is 83.9 Å². The van der Waals surface area contributed by atoms with Crippen molar-refractivity contribution in [1.82, 2.24) is 9.97 Å². The number of hydrogen-bond acceptors (Lipinski definition) is 2. The van der Waals surface area contributed by atoms with Gasteiger partial charge < -0.3 is 0 Å². The van der Waals surface area contributed by atoms with Crippen molar-refractivity contribution < 1.29 is 0 Å². The molecule has 0 bridgehead atoms. The van der Waals surface area contributed by atoms with Crippen LogP contribution in [-0.4, -0.2) is 9.97 Å². The van der Waals surface area contributed by atoms with E-state index in [4.69, 9.17) is 0 Å². The van der Waals surface area contributed by atoms with Gasteiger partial charge in [-0.25, -0.2) is 0 Å². The third kappa shape index (κ3) is 2.33. The van der Waals surface area contributed by atoms with Crippen LogP contribution >= 0.6 is 0 Å². The van der Waals surface area contributed by atoms with Gasteiger partial charge in [0, 0.05) is 41.5 Å². The van der Waals surface area contributed by atoms with E-state index in [0.29, 0.717) is 0 Å². The van der Waals surface area contributed by atoms with Crippen molar-refractivity contribution in [2.45, 2.75) is 13.3 Å². The fraction of sp³-hybridized carbons (Fsp3) is 0.100. The Morgan fingerprint density at radius 3 is 2.77 bits per heavy atom. The van der Waals surface area contributed by atoms with Gasteiger partial charge >= 0.3 is 0 Å². The van der Waals surface area contributed by atoms with Crippen LogP contribution in [-0.2, 0) is 6.42 Å². The molecule has 0 saturated heterocycles. The fourth-order valence-electron chi connectivity index (χ4n) is 2.92. The monoisotopic (exact) mass is 284 g/mol. The Bertz CT molecular complexity index is 973. The van der Waals surface area contributed by atoms with E-state index < -0.39 is 0 Å². The first-order valence-corrected chi connectivity index (χ1v) is 7.46. The van der Waals surface area contributed by atoms with E-state index >= 15 is 0 Å². The van der Waals surface area contributed by atoms with Crippen molar-refractivity contribution in [1.29, 1.82) is 0 Å². The Morgan fingerprint density at radius 2 is 1.82 bits per heavy atom. The summed E-state index contributed by atoms with van der Waals surface area (Å²) in [5.41, 5.74) is 3.65. The maximum Gasteiger partial charge on any atom is 0.0453 e. The van der Waals surface area contributed by atoms with Gasteiger partial charge in [0.1, 0.15) is 0 Å². The van der Waals surface area contributed by atoms with Crippen LogP contribution in [0.25, 0.3) is 21.5 Å². The normalized spacial score (nSPS) is 11.1. The highest BCUT2D eigenvalue weighted by Gasteiger charge is 2.03. The average molecular weight is 284 g/mol. The van der Waals surface area contributed by atoms with Crippen molar-refractivity contribution in [2.75, 3.05) is 0 Å². The van der Waals surface area contributed by atoms with Gasteiger partial charge in [-0.1, -0.05) is 36.4 Å². The minimum Gasteiger partial charge on any atom is -0.264 e. The second kappa shape index (κ2) is 5.23. The summed E-state index contributed by atoms with van der Waals surface area (Å²) in [6, 6.07) is 17.1. The van der Waals surface area contributed by atoms with E-state index in [9.17, 15) is 0 Å². The lowest BCUT2D eigenvalue weighted by molar-refractivity contribution is 1.09. The molecule has 2 aromatic heterocycles. The summed E-state index contributed by atoms with van der Waals surface area (Å²) < 4.78 is 0. The number of benzene rings is 2. The van der Waals surface area contributed by atoms with Crippen LogP contribution in [0, 0.1) is 6.92 Å². The molecule has 2 aromatic carbocycles. The number of nitrogens with zero attached hydrogens (tertiary/aromatic N) is 2. The van der Waals surface area contributed by atoms with E-state index in [2.05, 4.69) is 65.4 Å². The maximum atomic E-state index is 4.63. The number of rotatable bonds is 2. The zero-order chi connectivity index (χ0) is 14.9. The first-order valence-electron chi connectivity index (χ1n) is 7.46. The molecule has 0 N–H and O–H groups in total. The molecular weight excluding hydrogens is 268 g/mol. The summed E-state index contributed by atoms with van der Waals surface area (Å²) in [6.07, 6.45) is 6.58. The van der Waals surface area contributed by atoms with Gasteiger partial charge in [0.05, 0.1) is 0 Å². The molecule has 0 atom stereocenters. The molecule has 22 heavy (non-hydrogen) atoms. The molecule has 0 aliphatic rings. The molecule has 0 aliphatic heterocycles. The van der Waals surface area contributed by atoms with Gasteiger partial charge in [0.15, 0.2) is 0 Å².